The SMILES string of the molecule is COc1ccc(Nc2ccc(N)c(F)c2)c(OC)c1. The van der Waals surface area contributed by atoms with Crippen molar-refractivity contribution in [2.75, 3.05) is 25.3 Å². The lowest BCUT2D eigenvalue weighted by atomic mass is 10.2. The highest BCUT2D eigenvalue weighted by atomic mass is 19.1. The second-order valence-electron chi connectivity index (χ2n) is 3.93. The highest BCUT2D eigenvalue weighted by Gasteiger charge is 2.06. The smallest absolute Gasteiger partial charge is 0.148 e. The summed E-state index contributed by atoms with van der Waals surface area (Å²) in [7, 11) is 3.14. The van der Waals surface area contributed by atoms with Crippen LogP contribution in [0.5, 0.6) is 11.5 Å². The molecule has 0 fully saturated rings. The maximum Gasteiger partial charge on any atom is 0.148 e. The average molecular weight is 262 g/mol. The molecule has 0 aliphatic heterocycles. The molecule has 100 valence electrons. The van der Waals surface area contributed by atoms with Gasteiger partial charge in [-0.1, -0.05) is 0 Å². The van der Waals surface area contributed by atoms with E-state index >= 15 is 0 Å². The van der Waals surface area contributed by atoms with Gasteiger partial charge in [-0.3, -0.25) is 0 Å². The van der Waals surface area contributed by atoms with Gasteiger partial charge in [0.25, 0.3) is 0 Å². The lowest BCUT2D eigenvalue weighted by Crippen LogP contribution is -1.97. The summed E-state index contributed by atoms with van der Waals surface area (Å²) >= 11 is 0. The third-order valence-corrected chi connectivity index (χ3v) is 2.69. The van der Waals surface area contributed by atoms with E-state index in [9.17, 15) is 4.39 Å². The first-order chi connectivity index (χ1) is 9.13. The third-order valence-electron chi connectivity index (χ3n) is 2.69. The Labute approximate surface area is 111 Å². The maximum absolute atomic E-state index is 13.4. The number of nitrogens with two attached hydrogens (primary N) is 1. The molecule has 0 spiro atoms. The molecule has 0 atom stereocenters. The molecule has 0 saturated heterocycles. The highest BCUT2D eigenvalue weighted by molar-refractivity contribution is 5.68. The van der Waals surface area contributed by atoms with E-state index in [1.165, 1.54) is 12.1 Å². The molecule has 0 aromatic heterocycles. The van der Waals surface area contributed by atoms with Gasteiger partial charge < -0.3 is 20.5 Å². The molecule has 4 nitrogen and oxygen atoms in total. The van der Waals surface area contributed by atoms with Crippen LogP contribution >= 0.6 is 0 Å². The molecule has 0 aliphatic carbocycles. The zero-order valence-corrected chi connectivity index (χ0v) is 10.7. The van der Waals surface area contributed by atoms with Crippen molar-refractivity contribution in [2.45, 2.75) is 0 Å². The van der Waals surface area contributed by atoms with Crippen LogP contribution in [0.2, 0.25) is 0 Å². The lowest BCUT2D eigenvalue weighted by Gasteiger charge is -2.12. The van der Waals surface area contributed by atoms with E-state index in [-0.39, 0.29) is 5.69 Å². The van der Waals surface area contributed by atoms with Crippen molar-refractivity contribution in [3.05, 3.63) is 42.2 Å². The molecule has 0 radical (unpaired) electrons. The van der Waals surface area contributed by atoms with Gasteiger partial charge >= 0.3 is 0 Å². The molecule has 5 heteroatoms. The number of rotatable bonds is 4. The van der Waals surface area contributed by atoms with Crippen LogP contribution in [0.15, 0.2) is 36.4 Å². The molecule has 19 heavy (non-hydrogen) atoms. The Balaban J connectivity index is 2.29. The Kier molecular flexibility index (Phi) is 3.75. The molecule has 0 saturated carbocycles. The van der Waals surface area contributed by atoms with Crippen LogP contribution < -0.4 is 20.5 Å². The second-order valence-corrected chi connectivity index (χ2v) is 3.93. The molecule has 2 rings (SSSR count). The highest BCUT2D eigenvalue weighted by Crippen LogP contribution is 2.31. The van der Waals surface area contributed by atoms with Gasteiger partial charge in [0.15, 0.2) is 0 Å². The predicted molar refractivity (Wildman–Crippen MR) is 73.6 cm³/mol. The maximum atomic E-state index is 13.4. The topological polar surface area (TPSA) is 56.5 Å². The van der Waals surface area contributed by atoms with Crippen molar-refractivity contribution in [2.24, 2.45) is 0 Å². The summed E-state index contributed by atoms with van der Waals surface area (Å²) in [5.41, 5.74) is 6.86. The first-order valence-corrected chi connectivity index (χ1v) is 5.68. The number of hydrogen-bond acceptors (Lipinski definition) is 4. The van der Waals surface area contributed by atoms with E-state index in [2.05, 4.69) is 5.32 Å². The van der Waals surface area contributed by atoms with Crippen LogP contribution in [0.3, 0.4) is 0 Å². The van der Waals surface area contributed by atoms with E-state index in [1.807, 2.05) is 0 Å². The van der Waals surface area contributed by atoms with Gasteiger partial charge in [-0.2, -0.15) is 0 Å². The standard InChI is InChI=1S/C14H15FN2O2/c1-18-10-4-6-13(14(8-10)19-2)17-9-3-5-12(16)11(15)7-9/h3-8,17H,16H2,1-2H3. The first-order valence-electron chi connectivity index (χ1n) is 5.68. The number of methoxy groups -OCH3 is 2. The van der Waals surface area contributed by atoms with Crippen molar-refractivity contribution in [3.63, 3.8) is 0 Å². The number of nitrogen functional groups attached to an aromatic ring is 1. The predicted octanol–water partition coefficient (Wildman–Crippen LogP) is 3.17. The van der Waals surface area contributed by atoms with Crippen molar-refractivity contribution in [1.29, 1.82) is 0 Å². The number of nitrogens with one attached hydrogen (secondary N) is 1. The van der Waals surface area contributed by atoms with Crippen LogP contribution in [0.25, 0.3) is 0 Å². The average Bonchev–Trinajstić information content (AvgIpc) is 2.43. The summed E-state index contributed by atoms with van der Waals surface area (Å²) < 4.78 is 23.7. The quantitative estimate of drug-likeness (QED) is 0.831. The molecular formula is C14H15FN2O2. The van der Waals surface area contributed by atoms with Gasteiger partial charge in [-0.05, 0) is 30.3 Å². The fraction of sp³-hybridized carbons (Fsp3) is 0.143. The van der Waals surface area contributed by atoms with Crippen LogP contribution in [-0.2, 0) is 0 Å². The van der Waals surface area contributed by atoms with E-state index < -0.39 is 5.82 Å². The molecule has 0 amide bonds. The Morgan fingerprint density at radius 1 is 1.05 bits per heavy atom. The Morgan fingerprint density at radius 2 is 1.84 bits per heavy atom. The van der Waals surface area contributed by atoms with E-state index in [0.29, 0.717) is 22.9 Å². The van der Waals surface area contributed by atoms with Gasteiger partial charge in [0.2, 0.25) is 0 Å². The number of halogens is 1. The van der Waals surface area contributed by atoms with Crippen LogP contribution in [0.1, 0.15) is 0 Å². The summed E-state index contributed by atoms with van der Waals surface area (Å²) in [6.07, 6.45) is 0. The number of benzene rings is 2. The minimum atomic E-state index is -0.461. The zero-order chi connectivity index (χ0) is 13.8. The Morgan fingerprint density at radius 3 is 2.47 bits per heavy atom. The van der Waals surface area contributed by atoms with Crippen LogP contribution in [-0.4, -0.2) is 14.2 Å². The normalized spacial score (nSPS) is 10.1. The summed E-state index contributed by atoms with van der Waals surface area (Å²) in [5.74, 6) is 0.833. The minimum absolute atomic E-state index is 0.118. The number of hydrogen-bond donors (Lipinski definition) is 2. The second kappa shape index (κ2) is 5.48. The number of anilines is 3. The monoisotopic (exact) mass is 262 g/mol. The third kappa shape index (κ3) is 2.88. The van der Waals surface area contributed by atoms with Crippen molar-refractivity contribution < 1.29 is 13.9 Å². The summed E-state index contributed by atoms with van der Waals surface area (Å²) in [6.45, 7) is 0. The largest absolute Gasteiger partial charge is 0.497 e. The molecule has 2 aromatic carbocycles. The lowest BCUT2D eigenvalue weighted by molar-refractivity contribution is 0.395. The van der Waals surface area contributed by atoms with Crippen molar-refractivity contribution in [3.8, 4) is 11.5 Å². The van der Waals surface area contributed by atoms with Crippen LogP contribution in [0.4, 0.5) is 21.5 Å². The van der Waals surface area contributed by atoms with Gasteiger partial charge in [0, 0.05) is 11.8 Å². The van der Waals surface area contributed by atoms with E-state index in [0.717, 1.165) is 0 Å². The zero-order valence-electron chi connectivity index (χ0n) is 10.7. The molecule has 0 bridgehead atoms. The summed E-state index contributed by atoms with van der Waals surface area (Å²) in [5, 5.41) is 3.07. The molecule has 0 unspecified atom stereocenters. The van der Waals surface area contributed by atoms with E-state index in [1.54, 1.807) is 38.5 Å². The molecular weight excluding hydrogens is 247 g/mol. The molecule has 2 aromatic rings. The Hall–Kier alpha value is -2.43. The van der Waals surface area contributed by atoms with Gasteiger partial charge in [0.05, 0.1) is 25.6 Å². The first kappa shape index (κ1) is 13.0. The van der Waals surface area contributed by atoms with E-state index in [4.69, 9.17) is 15.2 Å². The summed E-state index contributed by atoms with van der Waals surface area (Å²) in [4.78, 5) is 0. The van der Waals surface area contributed by atoms with Crippen molar-refractivity contribution >= 4 is 17.1 Å². The van der Waals surface area contributed by atoms with Gasteiger partial charge in [-0.15, -0.1) is 0 Å². The fourth-order valence-electron chi connectivity index (χ4n) is 1.66. The van der Waals surface area contributed by atoms with Gasteiger partial charge in [-0.25, -0.2) is 4.39 Å². The molecule has 3 N–H and O–H groups in total. The van der Waals surface area contributed by atoms with Crippen molar-refractivity contribution in [1.82, 2.24) is 0 Å². The minimum Gasteiger partial charge on any atom is -0.497 e. The fourth-order valence-corrected chi connectivity index (χ4v) is 1.66. The van der Waals surface area contributed by atoms with Gasteiger partial charge in [0.1, 0.15) is 17.3 Å². The van der Waals surface area contributed by atoms with Crippen LogP contribution in [0, 0.1) is 5.82 Å². The summed E-state index contributed by atoms with van der Waals surface area (Å²) in [6, 6.07) is 9.87. The number of ether oxygens (including phenoxy) is 2. The Bertz CT molecular complexity index is 588. The molecule has 0 aliphatic rings. The molecule has 0 heterocycles.